The zero-order valence-corrected chi connectivity index (χ0v) is 13.0. The molecule has 1 aromatic carbocycles. The number of hydrogen-bond donors (Lipinski definition) is 2. The summed E-state index contributed by atoms with van der Waals surface area (Å²) in [6.07, 6.45) is 1.07. The average Bonchev–Trinajstić information content (AvgIpc) is 2.48. The van der Waals surface area contributed by atoms with Gasteiger partial charge < -0.3 is 14.9 Å². The topological polar surface area (TPSA) is 81.1 Å². The Bertz CT molecular complexity index is 554. The van der Waals surface area contributed by atoms with Gasteiger partial charge in [-0.2, -0.15) is 4.31 Å². The van der Waals surface area contributed by atoms with Crippen LogP contribution in [-0.4, -0.2) is 67.5 Å². The molecule has 2 rings (SSSR count). The van der Waals surface area contributed by atoms with Gasteiger partial charge in [0.15, 0.2) is 0 Å². The Hall–Kier alpha value is -0.925. The maximum Gasteiger partial charge on any atom is 0.488 e. The van der Waals surface area contributed by atoms with Gasteiger partial charge in [-0.15, -0.1) is 0 Å². The summed E-state index contributed by atoms with van der Waals surface area (Å²) in [4.78, 5) is 2.45. The van der Waals surface area contributed by atoms with Crippen molar-refractivity contribution in [2.75, 3.05) is 32.7 Å². The molecule has 116 valence electrons. The van der Waals surface area contributed by atoms with E-state index in [2.05, 4.69) is 11.8 Å². The summed E-state index contributed by atoms with van der Waals surface area (Å²) >= 11 is 0. The number of piperazine rings is 1. The minimum absolute atomic E-state index is 0.191. The third kappa shape index (κ3) is 3.84. The Morgan fingerprint density at radius 2 is 1.67 bits per heavy atom. The van der Waals surface area contributed by atoms with Gasteiger partial charge in [0.25, 0.3) is 0 Å². The molecule has 8 heteroatoms. The highest BCUT2D eigenvalue weighted by atomic mass is 32.2. The van der Waals surface area contributed by atoms with Gasteiger partial charge in [-0.3, -0.25) is 0 Å². The first kappa shape index (κ1) is 16.4. The summed E-state index contributed by atoms with van der Waals surface area (Å²) in [5.74, 6) is 0. The van der Waals surface area contributed by atoms with Crippen molar-refractivity contribution in [3.8, 4) is 0 Å². The van der Waals surface area contributed by atoms with Crippen LogP contribution in [0.3, 0.4) is 0 Å². The molecule has 0 amide bonds. The molecule has 0 aromatic heterocycles. The second kappa shape index (κ2) is 6.89. The van der Waals surface area contributed by atoms with Gasteiger partial charge in [-0.05, 0) is 30.6 Å². The minimum Gasteiger partial charge on any atom is -0.423 e. The van der Waals surface area contributed by atoms with E-state index < -0.39 is 17.1 Å². The number of sulfonamides is 1. The molecule has 1 aromatic rings. The molecular formula is C13H21BN2O4S. The second-order valence-electron chi connectivity index (χ2n) is 5.19. The minimum atomic E-state index is -3.50. The number of hydrogen-bond acceptors (Lipinski definition) is 5. The van der Waals surface area contributed by atoms with E-state index in [1.165, 1.54) is 28.6 Å². The van der Waals surface area contributed by atoms with Crippen molar-refractivity contribution < 1.29 is 18.5 Å². The zero-order valence-electron chi connectivity index (χ0n) is 12.1. The molecule has 0 spiro atoms. The van der Waals surface area contributed by atoms with Crippen molar-refractivity contribution in [1.82, 2.24) is 9.21 Å². The molecule has 1 aliphatic heterocycles. The molecule has 0 saturated carbocycles. The van der Waals surface area contributed by atoms with E-state index in [1.807, 2.05) is 0 Å². The van der Waals surface area contributed by atoms with Crippen LogP contribution < -0.4 is 5.46 Å². The Morgan fingerprint density at radius 1 is 1.10 bits per heavy atom. The number of nitrogens with zero attached hydrogens (tertiary/aromatic N) is 2. The molecule has 0 atom stereocenters. The van der Waals surface area contributed by atoms with Crippen molar-refractivity contribution >= 4 is 22.6 Å². The van der Waals surface area contributed by atoms with Crippen molar-refractivity contribution in [2.24, 2.45) is 0 Å². The molecule has 1 fully saturated rings. The van der Waals surface area contributed by atoms with Gasteiger partial charge in [0.05, 0.1) is 4.90 Å². The highest BCUT2D eigenvalue weighted by Gasteiger charge is 2.28. The molecule has 1 aliphatic rings. The standard InChI is InChI=1S/C13H21BN2O4S/c1-2-7-15-8-10-16(11-9-15)21(19,20)13-5-3-12(4-6-13)14(17)18/h3-6,17-18H,2,7-11H2,1H3. The van der Waals surface area contributed by atoms with Crippen LogP contribution in [0.4, 0.5) is 0 Å². The SMILES string of the molecule is CCCN1CCN(S(=O)(=O)c2ccc(B(O)O)cc2)CC1. The molecule has 0 bridgehead atoms. The molecule has 2 N–H and O–H groups in total. The molecule has 0 unspecified atom stereocenters. The van der Waals surface area contributed by atoms with E-state index >= 15 is 0 Å². The van der Waals surface area contributed by atoms with E-state index in [0.29, 0.717) is 13.1 Å². The van der Waals surface area contributed by atoms with Gasteiger partial charge in [-0.25, -0.2) is 8.42 Å². The second-order valence-corrected chi connectivity index (χ2v) is 7.13. The number of rotatable bonds is 5. The van der Waals surface area contributed by atoms with Crippen molar-refractivity contribution in [3.63, 3.8) is 0 Å². The first-order valence-electron chi connectivity index (χ1n) is 7.13. The summed E-state index contributed by atoms with van der Waals surface area (Å²) < 4.78 is 26.5. The fraction of sp³-hybridized carbons (Fsp3) is 0.538. The molecular weight excluding hydrogens is 291 g/mol. The lowest BCUT2D eigenvalue weighted by molar-refractivity contribution is 0.188. The molecule has 21 heavy (non-hydrogen) atoms. The smallest absolute Gasteiger partial charge is 0.423 e. The maximum absolute atomic E-state index is 12.5. The van der Waals surface area contributed by atoms with E-state index in [4.69, 9.17) is 10.0 Å². The lowest BCUT2D eigenvalue weighted by Crippen LogP contribution is -2.48. The van der Waals surface area contributed by atoms with Crippen molar-refractivity contribution in [1.29, 1.82) is 0 Å². The van der Waals surface area contributed by atoms with Crippen LogP contribution in [0.2, 0.25) is 0 Å². The zero-order chi connectivity index (χ0) is 15.5. The largest absolute Gasteiger partial charge is 0.488 e. The van der Waals surface area contributed by atoms with E-state index in [9.17, 15) is 8.42 Å². The first-order chi connectivity index (χ1) is 9.95. The lowest BCUT2D eigenvalue weighted by Gasteiger charge is -2.33. The average molecular weight is 312 g/mol. The summed E-state index contributed by atoms with van der Waals surface area (Å²) in [5, 5.41) is 18.1. The summed E-state index contributed by atoms with van der Waals surface area (Å²) in [6.45, 7) is 5.59. The molecule has 0 radical (unpaired) electrons. The lowest BCUT2D eigenvalue weighted by atomic mass is 9.81. The van der Waals surface area contributed by atoms with E-state index in [-0.39, 0.29) is 10.4 Å². The van der Waals surface area contributed by atoms with Crippen molar-refractivity contribution in [2.45, 2.75) is 18.2 Å². The van der Waals surface area contributed by atoms with E-state index in [0.717, 1.165) is 26.1 Å². The van der Waals surface area contributed by atoms with Gasteiger partial charge in [-0.1, -0.05) is 19.1 Å². The van der Waals surface area contributed by atoms with E-state index in [1.54, 1.807) is 0 Å². The summed E-state index contributed by atoms with van der Waals surface area (Å²) in [5.41, 5.74) is 0.279. The molecule has 1 heterocycles. The van der Waals surface area contributed by atoms with Crippen LogP contribution >= 0.6 is 0 Å². The molecule has 0 aliphatic carbocycles. The van der Waals surface area contributed by atoms with Gasteiger partial charge in [0.1, 0.15) is 0 Å². The van der Waals surface area contributed by atoms with Gasteiger partial charge in [0.2, 0.25) is 10.0 Å². The van der Waals surface area contributed by atoms with Crippen LogP contribution in [-0.2, 0) is 10.0 Å². The fourth-order valence-corrected chi connectivity index (χ4v) is 3.89. The third-order valence-electron chi connectivity index (χ3n) is 3.69. The normalized spacial score (nSPS) is 17.9. The van der Waals surface area contributed by atoms with Crippen molar-refractivity contribution in [3.05, 3.63) is 24.3 Å². The van der Waals surface area contributed by atoms with Gasteiger partial charge in [0, 0.05) is 26.2 Å². The summed E-state index contributed by atoms with van der Waals surface area (Å²) in [7, 11) is -5.08. The molecule has 6 nitrogen and oxygen atoms in total. The van der Waals surface area contributed by atoms with Crippen LogP contribution in [0, 0.1) is 0 Å². The Kier molecular flexibility index (Phi) is 5.40. The highest BCUT2D eigenvalue weighted by Crippen LogP contribution is 2.16. The summed E-state index contributed by atoms with van der Waals surface area (Å²) in [6, 6.07) is 5.68. The highest BCUT2D eigenvalue weighted by molar-refractivity contribution is 7.89. The Morgan fingerprint density at radius 3 is 2.14 bits per heavy atom. The van der Waals surface area contributed by atoms with Crippen LogP contribution in [0.25, 0.3) is 0 Å². The number of benzene rings is 1. The first-order valence-corrected chi connectivity index (χ1v) is 8.57. The quantitative estimate of drug-likeness (QED) is 0.688. The van der Waals surface area contributed by atoms with Crippen LogP contribution in [0.15, 0.2) is 29.2 Å². The molecule has 1 saturated heterocycles. The Labute approximate surface area is 126 Å². The predicted octanol–water partition coefficient (Wildman–Crippen LogP) is -0.917. The third-order valence-corrected chi connectivity index (χ3v) is 5.60. The predicted molar refractivity (Wildman–Crippen MR) is 81.8 cm³/mol. The Balaban J connectivity index is 2.08. The maximum atomic E-state index is 12.5. The van der Waals surface area contributed by atoms with Crippen LogP contribution in [0.5, 0.6) is 0 Å². The van der Waals surface area contributed by atoms with Gasteiger partial charge >= 0.3 is 7.12 Å². The fourth-order valence-electron chi connectivity index (χ4n) is 2.47. The monoisotopic (exact) mass is 312 g/mol. The van der Waals surface area contributed by atoms with Crippen LogP contribution in [0.1, 0.15) is 13.3 Å².